The van der Waals surface area contributed by atoms with Crippen molar-refractivity contribution in [3.8, 4) is 136 Å². The number of para-hydroxylation sites is 9. The zero-order chi connectivity index (χ0) is 99.1. The highest BCUT2D eigenvalue weighted by atomic mass is 15.2. The summed E-state index contributed by atoms with van der Waals surface area (Å²) in [7, 11) is 0. The topological polar surface area (TPSA) is 171 Å². The number of fused-ring (bicyclic) bond motifs is 18. The molecule has 0 unspecified atom stereocenters. The minimum Gasteiger partial charge on any atom is -0.309 e. The number of benzene rings is 17. The summed E-state index contributed by atoms with van der Waals surface area (Å²) in [4.78, 5) is 52.6. The van der Waals surface area contributed by atoms with Crippen LogP contribution in [0.5, 0.6) is 0 Å². The summed E-state index contributed by atoms with van der Waals surface area (Å²) in [6, 6.07) is 166. The highest BCUT2D eigenvalue weighted by Crippen LogP contribution is 2.46. The quantitative estimate of drug-likeness (QED) is 0.0956. The van der Waals surface area contributed by atoms with E-state index in [1.165, 1.54) is 98.1 Å². The largest absolute Gasteiger partial charge is 0.309 e. The standard InChI is InChI=1S/2C45H29N5.C43H27N7/c1-3-13-30(14-4-1)45-47-39(38-19-11-12-26-46-38)29-44(48-45)50-41-21-10-8-18-35(41)37-27-31(23-25-42(37)50)32-22-24-36-34-17-7-9-20-40(34)49(43(36)28-32)33-15-5-2-6-16-33;1-3-11-31(12-4-1)45-47-39(30-23-25-46-26-24-30)29-44(48-45)50-41-18-10-8-16-36(41)38-27-32(20-22-42(38)50)33-19-21-37-35-15-7-9-17-40(35)49(43(37)28-33)34-13-5-2-6-14-34;1-2-8-32(9-3-1)49-37-12-6-4-10-33(37)35-16-14-31(27-40(35)49)30-15-17-39-36(26-30)34-11-5-7-13-38(34)50(39)43-47-41(28-18-22-44-23-19-28)46-42(48-43)29-20-24-45-25-21-29/h2*1-29H;1-27H. The van der Waals surface area contributed by atoms with E-state index >= 15 is 0 Å². The molecule has 17 heteroatoms. The van der Waals surface area contributed by atoms with Gasteiger partial charge in [0.15, 0.2) is 23.3 Å². The molecule has 13 aromatic heterocycles. The van der Waals surface area contributed by atoms with Crippen molar-refractivity contribution in [3.05, 3.63) is 517 Å². The second-order valence-electron chi connectivity index (χ2n) is 37.3. The molecule has 13 heterocycles. The summed E-state index contributed by atoms with van der Waals surface area (Å²) in [5.74, 6) is 4.66. The average Bonchev–Trinajstić information content (AvgIpc) is 1.59. The smallest absolute Gasteiger partial charge is 0.238 e. The third-order valence-corrected chi connectivity index (χ3v) is 28.6. The Balaban J connectivity index is 0.000000108. The minimum atomic E-state index is 0.548. The molecule has 30 aromatic rings. The summed E-state index contributed by atoms with van der Waals surface area (Å²) in [5.41, 5.74) is 31.0. The summed E-state index contributed by atoms with van der Waals surface area (Å²) >= 11 is 0. The summed E-state index contributed by atoms with van der Waals surface area (Å²) in [6.45, 7) is 0. The molecule has 0 aliphatic heterocycles. The summed E-state index contributed by atoms with van der Waals surface area (Å²) in [5, 5.41) is 14.4. The van der Waals surface area contributed by atoms with Gasteiger partial charge in [-0.3, -0.25) is 33.6 Å². The number of hydrogen-bond acceptors (Lipinski definition) is 11. The lowest BCUT2D eigenvalue weighted by Gasteiger charge is -2.12. The van der Waals surface area contributed by atoms with E-state index < -0.39 is 0 Å². The van der Waals surface area contributed by atoms with Crippen LogP contribution >= 0.6 is 0 Å². The van der Waals surface area contributed by atoms with Gasteiger partial charge >= 0.3 is 0 Å². The molecule has 150 heavy (non-hydrogen) atoms. The average molecular weight is 1920 g/mol. The van der Waals surface area contributed by atoms with Gasteiger partial charge in [-0.05, 0) is 209 Å². The van der Waals surface area contributed by atoms with E-state index in [2.05, 4.69) is 411 Å². The van der Waals surface area contributed by atoms with Crippen LogP contribution in [0.3, 0.4) is 0 Å². The molecular weight excluding hydrogens is 1840 g/mol. The lowest BCUT2D eigenvalue weighted by Crippen LogP contribution is -2.06. The van der Waals surface area contributed by atoms with Crippen LogP contribution in [0.25, 0.3) is 267 Å². The van der Waals surface area contributed by atoms with Crippen molar-refractivity contribution in [1.29, 1.82) is 0 Å². The van der Waals surface area contributed by atoms with Crippen LogP contribution in [0.15, 0.2) is 517 Å². The fraction of sp³-hybridized carbons (Fsp3) is 0. The Bertz CT molecular complexity index is 9340. The van der Waals surface area contributed by atoms with Crippen LogP contribution in [0.2, 0.25) is 0 Å². The van der Waals surface area contributed by atoms with Gasteiger partial charge in [-0.2, -0.15) is 9.97 Å². The summed E-state index contributed by atoms with van der Waals surface area (Å²) in [6.07, 6.45) is 12.4. The first kappa shape index (κ1) is 87.1. The molecule has 0 aliphatic carbocycles. The van der Waals surface area contributed by atoms with Crippen LogP contribution in [-0.2, 0) is 0 Å². The first-order valence-electron chi connectivity index (χ1n) is 50.1. The van der Waals surface area contributed by atoms with Crippen molar-refractivity contribution in [2.24, 2.45) is 0 Å². The van der Waals surface area contributed by atoms with E-state index in [4.69, 9.17) is 34.9 Å². The van der Waals surface area contributed by atoms with E-state index in [1.807, 2.05) is 109 Å². The van der Waals surface area contributed by atoms with E-state index in [9.17, 15) is 0 Å². The molecule has 0 bridgehead atoms. The Hall–Kier alpha value is -20.7. The molecule has 0 N–H and O–H groups in total. The van der Waals surface area contributed by atoms with Gasteiger partial charge in [0.1, 0.15) is 11.6 Å². The molecule has 702 valence electrons. The summed E-state index contributed by atoms with van der Waals surface area (Å²) < 4.78 is 13.8. The van der Waals surface area contributed by atoms with Crippen LogP contribution < -0.4 is 0 Å². The van der Waals surface area contributed by atoms with Crippen LogP contribution in [-0.4, -0.2) is 82.2 Å². The second-order valence-corrected chi connectivity index (χ2v) is 37.3. The molecule has 17 nitrogen and oxygen atoms in total. The van der Waals surface area contributed by atoms with Gasteiger partial charge in [-0.25, -0.2) is 24.9 Å². The number of aromatic nitrogens is 17. The molecule has 0 spiro atoms. The van der Waals surface area contributed by atoms with Gasteiger partial charge in [0, 0.05) is 165 Å². The second kappa shape index (κ2) is 36.9. The molecule has 0 aliphatic rings. The van der Waals surface area contributed by atoms with E-state index in [0.717, 1.165) is 140 Å². The molecule has 0 fully saturated rings. The lowest BCUT2D eigenvalue weighted by atomic mass is 10.0. The van der Waals surface area contributed by atoms with E-state index in [-0.39, 0.29) is 0 Å². The normalized spacial score (nSPS) is 11.6. The number of nitrogens with zero attached hydrogens (tertiary/aromatic N) is 17. The molecule has 30 rings (SSSR count). The lowest BCUT2D eigenvalue weighted by molar-refractivity contribution is 0.952. The monoisotopic (exact) mass is 1920 g/mol. The third-order valence-electron chi connectivity index (χ3n) is 28.6. The molecule has 0 atom stereocenters. The number of hydrogen-bond donors (Lipinski definition) is 0. The van der Waals surface area contributed by atoms with Crippen molar-refractivity contribution >= 4 is 131 Å². The Morgan fingerprint density at radius 2 is 0.400 bits per heavy atom. The van der Waals surface area contributed by atoms with Crippen LogP contribution in [0.4, 0.5) is 0 Å². The van der Waals surface area contributed by atoms with Gasteiger partial charge in [0.2, 0.25) is 5.95 Å². The SMILES string of the molecule is c1ccc(-c2nc(-c3ccccn3)cc(-n3c4ccccc4c4cc(-c5ccc6c7ccccc7n(-c7ccccc7)c6c5)ccc43)n2)cc1.c1ccc(-c2nc(-c3ccncc3)cc(-n3c4ccccc4c4cc(-c5ccc6c7ccccc7n(-c7ccccc7)c6c5)ccc43)n2)cc1.c1ccc(-n2c3ccccc3c3ccc(-c4ccc5c(c4)c4ccccc4n5-c4nc(-c5ccncc5)nc(-c5ccncc5)n4)cc32)cc1. The maximum absolute atomic E-state index is 5.18. The highest BCUT2D eigenvalue weighted by Gasteiger charge is 2.26. The Kier molecular flexibility index (Phi) is 21.5. The van der Waals surface area contributed by atoms with Gasteiger partial charge in [0.25, 0.3) is 0 Å². The molecular formula is C133H85N17. The number of pyridine rings is 4. The van der Waals surface area contributed by atoms with Crippen molar-refractivity contribution < 1.29 is 0 Å². The van der Waals surface area contributed by atoms with Crippen LogP contribution in [0, 0.1) is 0 Å². The van der Waals surface area contributed by atoms with Gasteiger partial charge < -0.3 is 13.7 Å². The van der Waals surface area contributed by atoms with E-state index in [0.29, 0.717) is 29.2 Å². The first-order valence-corrected chi connectivity index (χ1v) is 50.1. The minimum absolute atomic E-state index is 0.548. The van der Waals surface area contributed by atoms with Crippen molar-refractivity contribution in [3.63, 3.8) is 0 Å². The maximum atomic E-state index is 5.18. The van der Waals surface area contributed by atoms with Gasteiger partial charge in [0.05, 0.1) is 83.3 Å². The fourth-order valence-electron chi connectivity index (χ4n) is 21.8. The fourth-order valence-corrected chi connectivity index (χ4v) is 21.8. The first-order chi connectivity index (χ1) is 74.4. The maximum Gasteiger partial charge on any atom is 0.238 e. The predicted molar refractivity (Wildman–Crippen MR) is 610 cm³/mol. The zero-order valence-corrected chi connectivity index (χ0v) is 80.7. The predicted octanol–water partition coefficient (Wildman–Crippen LogP) is 32.0. The van der Waals surface area contributed by atoms with Gasteiger partial charge in [-0.1, -0.05) is 285 Å². The molecule has 17 aromatic carbocycles. The zero-order valence-electron chi connectivity index (χ0n) is 80.7. The molecule has 0 saturated heterocycles. The Morgan fingerprint density at radius 1 is 0.133 bits per heavy atom. The van der Waals surface area contributed by atoms with Crippen LogP contribution in [0.1, 0.15) is 0 Å². The van der Waals surface area contributed by atoms with Gasteiger partial charge in [-0.15, -0.1) is 0 Å². The molecule has 0 radical (unpaired) electrons. The van der Waals surface area contributed by atoms with Crippen molar-refractivity contribution in [2.45, 2.75) is 0 Å². The van der Waals surface area contributed by atoms with Crippen molar-refractivity contribution in [2.75, 3.05) is 0 Å². The highest BCUT2D eigenvalue weighted by molar-refractivity contribution is 6.17. The van der Waals surface area contributed by atoms with Crippen molar-refractivity contribution in [1.82, 2.24) is 82.2 Å². The Morgan fingerprint density at radius 3 is 0.767 bits per heavy atom. The third kappa shape index (κ3) is 15.4. The molecule has 0 amide bonds. The van der Waals surface area contributed by atoms with E-state index in [1.54, 1.807) is 43.4 Å². The molecule has 0 saturated carbocycles. The number of rotatable bonds is 15. The Labute approximate surface area is 860 Å².